The zero-order valence-corrected chi connectivity index (χ0v) is 8.27. The van der Waals surface area contributed by atoms with Gasteiger partial charge in [0.05, 0.1) is 5.56 Å². The van der Waals surface area contributed by atoms with E-state index >= 15 is 0 Å². The number of allylic oxidation sites excluding steroid dienone is 3. The van der Waals surface area contributed by atoms with Gasteiger partial charge in [-0.1, -0.05) is 18.7 Å². The fourth-order valence-corrected chi connectivity index (χ4v) is 1.34. The summed E-state index contributed by atoms with van der Waals surface area (Å²) in [5, 5.41) is 0. The molecule has 0 atom stereocenters. The van der Waals surface area contributed by atoms with Crippen LogP contribution in [0.3, 0.4) is 0 Å². The minimum atomic E-state index is -0.546. The van der Waals surface area contributed by atoms with E-state index < -0.39 is 11.6 Å². The predicted octanol–water partition coefficient (Wildman–Crippen LogP) is 3.86. The molecule has 0 spiro atoms. The number of rotatable bonds is 2. The lowest BCUT2D eigenvalue weighted by Crippen LogP contribution is -1.94. The molecule has 14 heavy (non-hydrogen) atoms. The minimum absolute atomic E-state index is 0.00639. The van der Waals surface area contributed by atoms with Crippen molar-refractivity contribution >= 4 is 5.57 Å². The summed E-state index contributed by atoms with van der Waals surface area (Å²) in [6.45, 7) is 6.88. The van der Waals surface area contributed by atoms with Crippen LogP contribution in [0.1, 0.15) is 18.1 Å². The van der Waals surface area contributed by atoms with Crippen LogP contribution in [-0.4, -0.2) is 0 Å². The molecule has 0 unspecified atom stereocenters. The quantitative estimate of drug-likeness (QED) is 0.627. The normalized spacial score (nSPS) is 11.6. The van der Waals surface area contributed by atoms with Crippen molar-refractivity contribution in [2.45, 2.75) is 13.8 Å². The predicted molar refractivity (Wildman–Crippen MR) is 54.9 cm³/mol. The number of aryl methyl sites for hydroxylation is 1. The van der Waals surface area contributed by atoms with E-state index in [0.717, 1.165) is 0 Å². The maximum Gasteiger partial charge on any atom is 0.134 e. The van der Waals surface area contributed by atoms with Crippen molar-refractivity contribution in [3.8, 4) is 0 Å². The largest absolute Gasteiger partial charge is 0.206 e. The summed E-state index contributed by atoms with van der Waals surface area (Å²) < 4.78 is 26.8. The lowest BCUT2D eigenvalue weighted by Gasteiger charge is -2.06. The highest BCUT2D eigenvalue weighted by atomic mass is 19.1. The number of hydrogen-bond acceptors (Lipinski definition) is 0. The van der Waals surface area contributed by atoms with Crippen molar-refractivity contribution in [3.63, 3.8) is 0 Å². The second-order valence-electron chi connectivity index (χ2n) is 3.05. The Morgan fingerprint density at radius 1 is 1.29 bits per heavy atom. The first-order chi connectivity index (χ1) is 6.60. The van der Waals surface area contributed by atoms with Crippen LogP contribution in [-0.2, 0) is 0 Å². The Labute approximate surface area is 82.6 Å². The standard InChI is InChI=1S/C12H12F2/c1-4-9(5-2)12-10(13)6-8(3)7-11(12)14/h4-7H,1H2,2-3H3/b9-5+. The summed E-state index contributed by atoms with van der Waals surface area (Å²) >= 11 is 0. The van der Waals surface area contributed by atoms with Crippen molar-refractivity contribution in [1.29, 1.82) is 0 Å². The lowest BCUT2D eigenvalue weighted by atomic mass is 10.0. The highest BCUT2D eigenvalue weighted by molar-refractivity contribution is 5.74. The number of halogens is 2. The van der Waals surface area contributed by atoms with Crippen LogP contribution in [0.25, 0.3) is 5.57 Å². The molecule has 0 N–H and O–H groups in total. The van der Waals surface area contributed by atoms with Crippen LogP contribution in [0.15, 0.2) is 30.9 Å². The van der Waals surface area contributed by atoms with Gasteiger partial charge in [-0.05, 0) is 37.1 Å². The minimum Gasteiger partial charge on any atom is -0.206 e. The first-order valence-electron chi connectivity index (χ1n) is 4.35. The van der Waals surface area contributed by atoms with Gasteiger partial charge < -0.3 is 0 Å². The van der Waals surface area contributed by atoms with Crippen LogP contribution in [0.4, 0.5) is 8.78 Å². The van der Waals surface area contributed by atoms with E-state index in [1.807, 2.05) is 0 Å². The molecule has 0 amide bonds. The van der Waals surface area contributed by atoms with Gasteiger partial charge in [-0.2, -0.15) is 0 Å². The van der Waals surface area contributed by atoms with E-state index in [1.54, 1.807) is 19.9 Å². The van der Waals surface area contributed by atoms with E-state index in [-0.39, 0.29) is 5.56 Å². The Hall–Kier alpha value is -1.44. The number of benzene rings is 1. The smallest absolute Gasteiger partial charge is 0.134 e. The topological polar surface area (TPSA) is 0 Å². The first kappa shape index (κ1) is 10.6. The summed E-state index contributed by atoms with van der Waals surface area (Å²) in [6, 6.07) is 2.62. The summed E-state index contributed by atoms with van der Waals surface area (Å²) in [6.07, 6.45) is 3.07. The molecule has 1 aromatic carbocycles. The molecule has 0 aliphatic carbocycles. The van der Waals surface area contributed by atoms with Crippen molar-refractivity contribution in [3.05, 3.63) is 53.6 Å². The van der Waals surface area contributed by atoms with Gasteiger partial charge in [-0.15, -0.1) is 0 Å². The Morgan fingerprint density at radius 2 is 1.79 bits per heavy atom. The van der Waals surface area contributed by atoms with Crippen molar-refractivity contribution in [2.24, 2.45) is 0 Å². The summed E-state index contributed by atoms with van der Waals surface area (Å²) in [4.78, 5) is 0. The van der Waals surface area contributed by atoms with E-state index in [2.05, 4.69) is 6.58 Å². The third-order valence-corrected chi connectivity index (χ3v) is 2.01. The van der Waals surface area contributed by atoms with Gasteiger partial charge in [0.15, 0.2) is 0 Å². The third kappa shape index (κ3) is 1.90. The maximum absolute atomic E-state index is 13.4. The average molecular weight is 194 g/mol. The SMILES string of the molecule is C=C/C(=C\C)c1c(F)cc(C)cc1F. The first-order valence-corrected chi connectivity index (χ1v) is 4.35. The molecule has 0 heterocycles. The van der Waals surface area contributed by atoms with Gasteiger partial charge in [-0.3, -0.25) is 0 Å². The summed E-state index contributed by atoms with van der Waals surface area (Å²) in [5.41, 5.74) is 1.04. The van der Waals surface area contributed by atoms with Gasteiger partial charge >= 0.3 is 0 Å². The molecule has 0 fully saturated rings. The van der Waals surface area contributed by atoms with Gasteiger partial charge in [0.25, 0.3) is 0 Å². The molecule has 2 heteroatoms. The Kier molecular flexibility index (Phi) is 3.18. The van der Waals surface area contributed by atoms with E-state index in [4.69, 9.17) is 0 Å². The van der Waals surface area contributed by atoms with Crippen LogP contribution >= 0.6 is 0 Å². The van der Waals surface area contributed by atoms with Crippen LogP contribution in [0, 0.1) is 18.6 Å². The highest BCUT2D eigenvalue weighted by Gasteiger charge is 2.11. The second-order valence-corrected chi connectivity index (χ2v) is 3.05. The molecule has 1 rings (SSSR count). The zero-order chi connectivity index (χ0) is 10.7. The molecular formula is C12H12F2. The summed E-state index contributed by atoms with van der Waals surface area (Å²) in [5.74, 6) is -1.09. The average Bonchev–Trinajstić information content (AvgIpc) is 2.10. The zero-order valence-electron chi connectivity index (χ0n) is 8.27. The van der Waals surface area contributed by atoms with Gasteiger partial charge in [0, 0.05) is 0 Å². The molecule has 0 saturated carbocycles. The molecule has 0 radical (unpaired) electrons. The summed E-state index contributed by atoms with van der Waals surface area (Å²) in [7, 11) is 0. The monoisotopic (exact) mass is 194 g/mol. The van der Waals surface area contributed by atoms with E-state index in [9.17, 15) is 8.78 Å². The molecule has 0 aromatic heterocycles. The Morgan fingerprint density at radius 3 is 2.14 bits per heavy atom. The highest BCUT2D eigenvalue weighted by Crippen LogP contribution is 2.23. The van der Waals surface area contributed by atoms with Crippen LogP contribution in [0.5, 0.6) is 0 Å². The van der Waals surface area contributed by atoms with Crippen LogP contribution in [0.2, 0.25) is 0 Å². The van der Waals surface area contributed by atoms with E-state index in [0.29, 0.717) is 11.1 Å². The molecule has 0 aliphatic heterocycles. The maximum atomic E-state index is 13.4. The Balaban J connectivity index is 3.41. The van der Waals surface area contributed by atoms with Crippen molar-refractivity contribution in [1.82, 2.24) is 0 Å². The Bertz CT molecular complexity index is 366. The molecule has 0 saturated heterocycles. The van der Waals surface area contributed by atoms with Crippen LogP contribution < -0.4 is 0 Å². The third-order valence-electron chi connectivity index (χ3n) is 2.01. The fourth-order valence-electron chi connectivity index (χ4n) is 1.34. The van der Waals surface area contributed by atoms with Crippen molar-refractivity contribution < 1.29 is 8.78 Å². The van der Waals surface area contributed by atoms with E-state index in [1.165, 1.54) is 18.2 Å². The fraction of sp³-hybridized carbons (Fsp3) is 0.167. The molecule has 74 valence electrons. The van der Waals surface area contributed by atoms with Crippen molar-refractivity contribution in [2.75, 3.05) is 0 Å². The molecule has 1 aromatic rings. The van der Waals surface area contributed by atoms with Gasteiger partial charge in [0.2, 0.25) is 0 Å². The molecule has 0 nitrogen and oxygen atoms in total. The molecular weight excluding hydrogens is 182 g/mol. The number of hydrogen-bond donors (Lipinski definition) is 0. The molecule has 0 aliphatic rings. The lowest BCUT2D eigenvalue weighted by molar-refractivity contribution is 0.575. The van der Waals surface area contributed by atoms with Gasteiger partial charge in [-0.25, -0.2) is 8.78 Å². The van der Waals surface area contributed by atoms with Gasteiger partial charge in [0.1, 0.15) is 11.6 Å². The molecule has 0 bridgehead atoms. The second kappa shape index (κ2) is 4.18.